The van der Waals surface area contributed by atoms with Crippen molar-refractivity contribution in [3.05, 3.63) is 39.4 Å². The molecule has 1 aromatic carbocycles. The Morgan fingerprint density at radius 2 is 2.11 bits per heavy atom. The number of benzene rings is 1. The molecular weight excluding hydrogens is 252 g/mol. The summed E-state index contributed by atoms with van der Waals surface area (Å²) in [6.07, 6.45) is 0. The van der Waals surface area contributed by atoms with Gasteiger partial charge in [0, 0.05) is 12.1 Å². The van der Waals surface area contributed by atoms with E-state index >= 15 is 0 Å². The van der Waals surface area contributed by atoms with Gasteiger partial charge in [-0.2, -0.15) is 0 Å². The SMILES string of the molecule is Cc1cccc(C(=O)NCC(C)C(=O)O)c1[N+](=O)[O-]. The van der Waals surface area contributed by atoms with Gasteiger partial charge in [-0.05, 0) is 13.0 Å². The number of para-hydroxylation sites is 1. The smallest absolute Gasteiger partial charge is 0.308 e. The van der Waals surface area contributed by atoms with Crippen molar-refractivity contribution in [1.82, 2.24) is 5.32 Å². The third kappa shape index (κ3) is 3.51. The van der Waals surface area contributed by atoms with Crippen LogP contribution in [0.3, 0.4) is 0 Å². The Hall–Kier alpha value is -2.44. The maximum absolute atomic E-state index is 11.8. The lowest BCUT2D eigenvalue weighted by atomic mass is 10.1. The quantitative estimate of drug-likeness (QED) is 0.617. The minimum Gasteiger partial charge on any atom is -0.481 e. The molecule has 0 aliphatic rings. The molecule has 0 aliphatic heterocycles. The number of hydrogen-bond acceptors (Lipinski definition) is 4. The number of aryl methyl sites for hydroxylation is 1. The highest BCUT2D eigenvalue weighted by atomic mass is 16.6. The third-order valence-electron chi connectivity index (χ3n) is 2.66. The first-order chi connectivity index (χ1) is 8.84. The van der Waals surface area contributed by atoms with Gasteiger partial charge in [0.15, 0.2) is 0 Å². The molecule has 1 atom stereocenters. The normalized spacial score (nSPS) is 11.7. The second-order valence-electron chi connectivity index (χ2n) is 4.18. The first kappa shape index (κ1) is 14.6. The van der Waals surface area contributed by atoms with Crippen molar-refractivity contribution in [1.29, 1.82) is 0 Å². The number of carbonyl (C=O) groups is 2. The number of aliphatic carboxylic acids is 1. The number of rotatable bonds is 5. The maximum atomic E-state index is 11.8. The highest BCUT2D eigenvalue weighted by Gasteiger charge is 2.23. The minimum atomic E-state index is -1.04. The number of carboxylic acid groups (broad SMARTS) is 1. The second kappa shape index (κ2) is 5.94. The van der Waals surface area contributed by atoms with Gasteiger partial charge in [-0.1, -0.05) is 19.1 Å². The van der Waals surface area contributed by atoms with Gasteiger partial charge in [0.2, 0.25) is 0 Å². The zero-order valence-corrected chi connectivity index (χ0v) is 10.5. The summed E-state index contributed by atoms with van der Waals surface area (Å²) < 4.78 is 0. The fourth-order valence-corrected chi connectivity index (χ4v) is 1.51. The van der Waals surface area contributed by atoms with Crippen molar-refractivity contribution >= 4 is 17.6 Å². The number of nitrogens with one attached hydrogen (secondary N) is 1. The van der Waals surface area contributed by atoms with Crippen LogP contribution in [0.4, 0.5) is 5.69 Å². The topological polar surface area (TPSA) is 110 Å². The number of carboxylic acids is 1. The summed E-state index contributed by atoms with van der Waals surface area (Å²) in [5.41, 5.74) is 0.0505. The monoisotopic (exact) mass is 266 g/mol. The van der Waals surface area contributed by atoms with Gasteiger partial charge in [0.25, 0.3) is 11.6 Å². The Morgan fingerprint density at radius 3 is 2.63 bits per heavy atom. The van der Waals surface area contributed by atoms with E-state index in [2.05, 4.69) is 5.32 Å². The van der Waals surface area contributed by atoms with Crippen LogP contribution < -0.4 is 5.32 Å². The van der Waals surface area contributed by atoms with E-state index in [0.717, 1.165) is 0 Å². The summed E-state index contributed by atoms with van der Waals surface area (Å²) in [5, 5.41) is 22.0. The van der Waals surface area contributed by atoms with Gasteiger partial charge in [0.1, 0.15) is 5.56 Å². The number of carbonyl (C=O) groups excluding carboxylic acids is 1. The van der Waals surface area contributed by atoms with Crippen LogP contribution in [0.5, 0.6) is 0 Å². The Balaban J connectivity index is 2.92. The van der Waals surface area contributed by atoms with E-state index in [1.54, 1.807) is 0 Å². The molecule has 1 amide bonds. The van der Waals surface area contributed by atoms with Crippen LogP contribution in [0.25, 0.3) is 0 Å². The van der Waals surface area contributed by atoms with Crippen LogP contribution in [0.1, 0.15) is 22.8 Å². The molecule has 0 heterocycles. The fraction of sp³-hybridized carbons (Fsp3) is 0.333. The van der Waals surface area contributed by atoms with Crippen molar-refractivity contribution < 1.29 is 19.6 Å². The predicted molar refractivity (Wildman–Crippen MR) is 67.0 cm³/mol. The van der Waals surface area contributed by atoms with Crippen molar-refractivity contribution in [2.75, 3.05) is 6.54 Å². The van der Waals surface area contributed by atoms with Crippen molar-refractivity contribution in [3.8, 4) is 0 Å². The molecule has 7 nitrogen and oxygen atoms in total. The zero-order valence-electron chi connectivity index (χ0n) is 10.5. The number of nitro benzene ring substituents is 1. The van der Waals surface area contributed by atoms with Gasteiger partial charge in [-0.3, -0.25) is 19.7 Å². The van der Waals surface area contributed by atoms with E-state index in [9.17, 15) is 19.7 Å². The van der Waals surface area contributed by atoms with E-state index in [4.69, 9.17) is 5.11 Å². The first-order valence-electron chi connectivity index (χ1n) is 5.59. The van der Waals surface area contributed by atoms with Crippen LogP contribution in [-0.2, 0) is 4.79 Å². The average molecular weight is 266 g/mol. The van der Waals surface area contributed by atoms with Crippen LogP contribution in [0.15, 0.2) is 18.2 Å². The maximum Gasteiger partial charge on any atom is 0.308 e. The molecule has 1 unspecified atom stereocenters. The van der Waals surface area contributed by atoms with E-state index in [0.29, 0.717) is 5.56 Å². The van der Waals surface area contributed by atoms with Crippen LogP contribution in [0.2, 0.25) is 0 Å². The number of hydrogen-bond donors (Lipinski definition) is 2. The van der Waals surface area contributed by atoms with Crippen molar-refractivity contribution in [3.63, 3.8) is 0 Å². The lowest BCUT2D eigenvalue weighted by Gasteiger charge is -2.09. The molecule has 1 aromatic rings. The Labute approximate surface area is 109 Å². The highest BCUT2D eigenvalue weighted by Crippen LogP contribution is 2.22. The number of amides is 1. The standard InChI is InChI=1S/C12H14N2O5/c1-7-4-3-5-9(10(7)14(18)19)11(15)13-6-8(2)12(16)17/h3-5,8H,6H2,1-2H3,(H,13,15)(H,16,17). The van der Waals surface area contributed by atoms with E-state index in [-0.39, 0.29) is 17.8 Å². The molecule has 0 fully saturated rings. The largest absolute Gasteiger partial charge is 0.481 e. The van der Waals surface area contributed by atoms with Crippen LogP contribution in [0, 0.1) is 23.0 Å². The molecule has 102 valence electrons. The summed E-state index contributed by atoms with van der Waals surface area (Å²) in [4.78, 5) is 32.8. The third-order valence-corrected chi connectivity index (χ3v) is 2.66. The number of nitrogens with zero attached hydrogens (tertiary/aromatic N) is 1. The first-order valence-corrected chi connectivity index (χ1v) is 5.59. The van der Waals surface area contributed by atoms with Gasteiger partial charge in [-0.25, -0.2) is 0 Å². The zero-order chi connectivity index (χ0) is 14.6. The van der Waals surface area contributed by atoms with Gasteiger partial charge >= 0.3 is 5.97 Å². The number of nitro groups is 1. The molecule has 2 N–H and O–H groups in total. The van der Waals surface area contributed by atoms with Crippen molar-refractivity contribution in [2.24, 2.45) is 5.92 Å². The molecule has 0 aliphatic carbocycles. The molecular formula is C12H14N2O5. The van der Waals surface area contributed by atoms with Crippen molar-refractivity contribution in [2.45, 2.75) is 13.8 Å². The Kier molecular flexibility index (Phi) is 4.57. The summed E-state index contributed by atoms with van der Waals surface area (Å²) in [6, 6.07) is 4.42. The van der Waals surface area contributed by atoms with E-state index in [1.165, 1.54) is 32.0 Å². The molecule has 0 saturated carbocycles. The van der Waals surface area contributed by atoms with E-state index < -0.39 is 22.7 Å². The second-order valence-corrected chi connectivity index (χ2v) is 4.18. The summed E-state index contributed by atoms with van der Waals surface area (Å²) >= 11 is 0. The fourth-order valence-electron chi connectivity index (χ4n) is 1.51. The summed E-state index contributed by atoms with van der Waals surface area (Å²) in [6.45, 7) is 2.89. The van der Waals surface area contributed by atoms with Gasteiger partial charge in [-0.15, -0.1) is 0 Å². The summed E-state index contributed by atoms with van der Waals surface area (Å²) in [7, 11) is 0. The molecule has 0 radical (unpaired) electrons. The molecule has 0 aromatic heterocycles. The Bertz CT molecular complexity index is 527. The molecule has 0 spiro atoms. The average Bonchev–Trinajstić information content (AvgIpc) is 2.34. The highest BCUT2D eigenvalue weighted by molar-refractivity contribution is 5.98. The molecule has 7 heteroatoms. The molecule has 19 heavy (non-hydrogen) atoms. The van der Waals surface area contributed by atoms with Gasteiger partial charge in [0.05, 0.1) is 10.8 Å². The minimum absolute atomic E-state index is 0.0670. The van der Waals surface area contributed by atoms with E-state index in [1.807, 2.05) is 0 Å². The van der Waals surface area contributed by atoms with Crippen LogP contribution in [-0.4, -0.2) is 28.5 Å². The molecule has 1 rings (SSSR count). The summed E-state index contributed by atoms with van der Waals surface area (Å²) in [5.74, 6) is -2.45. The predicted octanol–water partition coefficient (Wildman–Crippen LogP) is 1.35. The van der Waals surface area contributed by atoms with Crippen LogP contribution >= 0.6 is 0 Å². The molecule has 0 saturated heterocycles. The lowest BCUT2D eigenvalue weighted by molar-refractivity contribution is -0.385. The lowest BCUT2D eigenvalue weighted by Crippen LogP contribution is -2.31. The Morgan fingerprint density at radius 1 is 1.47 bits per heavy atom. The molecule has 0 bridgehead atoms. The van der Waals surface area contributed by atoms with Gasteiger partial charge < -0.3 is 10.4 Å².